The molecule has 2 aromatic rings. The van der Waals surface area contributed by atoms with Crippen LogP contribution in [0.15, 0.2) is 46.9 Å². The number of ether oxygens (including phenoxy) is 1. The number of carbonyl (C=O) groups excluding carboxylic acids is 3. The number of methoxy groups -OCH3 is 1. The van der Waals surface area contributed by atoms with Gasteiger partial charge >= 0.3 is 6.03 Å². The lowest BCUT2D eigenvalue weighted by Gasteiger charge is -2.31. The number of fused-ring (bicyclic) bond motifs is 1. The Kier molecular flexibility index (Phi) is 4.15. The third kappa shape index (κ3) is 2.86. The van der Waals surface area contributed by atoms with Crippen molar-refractivity contribution in [1.29, 1.82) is 0 Å². The fraction of sp³-hybridized carbons (Fsp3) is 0.211. The number of hydrogen-bond donors (Lipinski definition) is 2. The molecule has 0 unspecified atom stereocenters. The van der Waals surface area contributed by atoms with Crippen LogP contribution in [0.1, 0.15) is 21.5 Å². The monoisotopic (exact) mass is 429 g/mol. The van der Waals surface area contributed by atoms with Crippen LogP contribution in [-0.4, -0.2) is 36.4 Å². The predicted molar refractivity (Wildman–Crippen MR) is 100 cm³/mol. The van der Waals surface area contributed by atoms with Gasteiger partial charge in [-0.2, -0.15) is 0 Å². The molecule has 0 spiro atoms. The summed E-state index contributed by atoms with van der Waals surface area (Å²) in [4.78, 5) is 39.0. The molecule has 0 aliphatic carbocycles. The summed E-state index contributed by atoms with van der Waals surface area (Å²) in [5.74, 6) is -0.0796. The van der Waals surface area contributed by atoms with E-state index in [1.165, 1.54) is 0 Å². The lowest BCUT2D eigenvalue weighted by Crippen LogP contribution is -2.52. The second-order valence-corrected chi connectivity index (χ2v) is 7.42. The van der Waals surface area contributed by atoms with Gasteiger partial charge in [0.25, 0.3) is 11.8 Å². The number of hydrogen-bond acceptors (Lipinski definition) is 4. The zero-order valence-corrected chi connectivity index (χ0v) is 16.0. The standard InChI is InChI=1S/C19H16BrN3O4/c1-27-14-7-2-11-9-23(16(24)15(11)8-14)10-19(17(25)21-18(26)22-19)12-3-5-13(20)6-4-12/h2-8H,9-10H2,1H3,(H2,21,22,25,26)/t19-/m0/s1. The highest BCUT2D eigenvalue weighted by Crippen LogP contribution is 2.32. The lowest BCUT2D eigenvalue weighted by atomic mass is 9.89. The van der Waals surface area contributed by atoms with E-state index < -0.39 is 17.5 Å². The van der Waals surface area contributed by atoms with Crippen molar-refractivity contribution in [2.75, 3.05) is 13.7 Å². The van der Waals surface area contributed by atoms with Crippen LogP contribution in [0.5, 0.6) is 5.75 Å². The first-order valence-corrected chi connectivity index (χ1v) is 9.08. The highest BCUT2D eigenvalue weighted by Gasteiger charge is 2.50. The molecule has 2 heterocycles. The number of rotatable bonds is 4. The van der Waals surface area contributed by atoms with Gasteiger partial charge in [0.1, 0.15) is 5.75 Å². The molecule has 27 heavy (non-hydrogen) atoms. The Hall–Kier alpha value is -2.87. The average molecular weight is 430 g/mol. The topological polar surface area (TPSA) is 87.7 Å². The molecule has 4 rings (SSSR count). The second-order valence-electron chi connectivity index (χ2n) is 6.50. The number of imide groups is 1. The molecule has 0 radical (unpaired) electrons. The molecule has 2 aromatic carbocycles. The van der Waals surface area contributed by atoms with Crippen molar-refractivity contribution >= 4 is 33.8 Å². The highest BCUT2D eigenvalue weighted by atomic mass is 79.9. The van der Waals surface area contributed by atoms with Gasteiger partial charge in [-0.15, -0.1) is 0 Å². The quantitative estimate of drug-likeness (QED) is 0.728. The number of amides is 4. The van der Waals surface area contributed by atoms with Gasteiger partial charge in [0.15, 0.2) is 5.54 Å². The summed E-state index contributed by atoms with van der Waals surface area (Å²) in [7, 11) is 1.54. The maximum Gasteiger partial charge on any atom is 0.322 e. The Morgan fingerprint density at radius 1 is 1.15 bits per heavy atom. The molecule has 0 saturated carbocycles. The van der Waals surface area contributed by atoms with Crippen molar-refractivity contribution in [3.63, 3.8) is 0 Å². The molecule has 1 saturated heterocycles. The average Bonchev–Trinajstić information content (AvgIpc) is 3.12. The molecule has 8 heteroatoms. The summed E-state index contributed by atoms with van der Waals surface area (Å²) < 4.78 is 6.04. The fourth-order valence-corrected chi connectivity index (χ4v) is 3.78. The summed E-state index contributed by atoms with van der Waals surface area (Å²) in [6, 6.07) is 11.8. The van der Waals surface area contributed by atoms with Crippen molar-refractivity contribution in [2.45, 2.75) is 12.1 Å². The summed E-state index contributed by atoms with van der Waals surface area (Å²) in [6.45, 7) is 0.390. The molecule has 2 aliphatic heterocycles. The Morgan fingerprint density at radius 3 is 2.52 bits per heavy atom. The molecule has 0 bridgehead atoms. The van der Waals surface area contributed by atoms with Crippen molar-refractivity contribution in [3.8, 4) is 5.75 Å². The SMILES string of the molecule is COc1ccc2c(c1)C(=O)N(C[C@@]1(c3ccc(Br)cc3)NC(=O)NC1=O)C2. The van der Waals surface area contributed by atoms with Gasteiger partial charge in [-0.25, -0.2) is 4.79 Å². The van der Waals surface area contributed by atoms with Gasteiger partial charge in [-0.3, -0.25) is 14.9 Å². The molecule has 2 N–H and O–H groups in total. The van der Waals surface area contributed by atoms with E-state index in [9.17, 15) is 14.4 Å². The normalized spacial score (nSPS) is 21.1. The largest absolute Gasteiger partial charge is 0.497 e. The van der Waals surface area contributed by atoms with Crippen LogP contribution >= 0.6 is 15.9 Å². The molecule has 2 aliphatic rings. The molecule has 1 atom stereocenters. The van der Waals surface area contributed by atoms with E-state index in [1.54, 1.807) is 48.4 Å². The zero-order chi connectivity index (χ0) is 19.2. The van der Waals surface area contributed by atoms with Crippen molar-refractivity contribution in [1.82, 2.24) is 15.5 Å². The van der Waals surface area contributed by atoms with Crippen molar-refractivity contribution < 1.29 is 19.1 Å². The van der Waals surface area contributed by atoms with Crippen LogP contribution in [0.25, 0.3) is 0 Å². The van der Waals surface area contributed by atoms with E-state index in [0.717, 1.165) is 10.0 Å². The molecule has 7 nitrogen and oxygen atoms in total. The molecule has 138 valence electrons. The minimum atomic E-state index is -1.33. The Labute approximate surface area is 163 Å². The number of urea groups is 1. The number of carbonyl (C=O) groups is 3. The highest BCUT2D eigenvalue weighted by molar-refractivity contribution is 9.10. The fourth-order valence-electron chi connectivity index (χ4n) is 3.51. The smallest absolute Gasteiger partial charge is 0.322 e. The summed E-state index contributed by atoms with van der Waals surface area (Å²) in [5, 5.41) is 5.01. The number of nitrogens with one attached hydrogen (secondary N) is 2. The number of nitrogens with zero attached hydrogens (tertiary/aromatic N) is 1. The van der Waals surface area contributed by atoms with Gasteiger partial charge in [0, 0.05) is 16.6 Å². The van der Waals surface area contributed by atoms with Crippen molar-refractivity contribution in [3.05, 3.63) is 63.6 Å². The maximum atomic E-state index is 12.9. The van der Waals surface area contributed by atoms with Crippen LogP contribution in [0, 0.1) is 0 Å². The Balaban J connectivity index is 1.69. The van der Waals surface area contributed by atoms with Crippen LogP contribution < -0.4 is 15.4 Å². The van der Waals surface area contributed by atoms with Gasteiger partial charge in [-0.05, 0) is 35.4 Å². The molecule has 1 fully saturated rings. The van der Waals surface area contributed by atoms with Gasteiger partial charge < -0.3 is 15.0 Å². The van der Waals surface area contributed by atoms with Gasteiger partial charge in [-0.1, -0.05) is 34.1 Å². The van der Waals surface area contributed by atoms with Crippen LogP contribution in [0.2, 0.25) is 0 Å². The Morgan fingerprint density at radius 2 is 1.89 bits per heavy atom. The molecular weight excluding hydrogens is 414 g/mol. The van der Waals surface area contributed by atoms with Crippen LogP contribution in [0.4, 0.5) is 4.79 Å². The predicted octanol–water partition coefficient (Wildman–Crippen LogP) is 2.15. The first kappa shape index (κ1) is 17.5. The number of benzene rings is 2. The Bertz CT molecular complexity index is 960. The van der Waals surface area contributed by atoms with E-state index in [4.69, 9.17) is 4.74 Å². The minimum Gasteiger partial charge on any atom is -0.497 e. The third-order valence-electron chi connectivity index (χ3n) is 4.90. The van der Waals surface area contributed by atoms with E-state index in [2.05, 4.69) is 26.6 Å². The summed E-state index contributed by atoms with van der Waals surface area (Å²) in [6.07, 6.45) is 0. The molecule has 4 amide bonds. The molecular formula is C19H16BrN3O4. The van der Waals surface area contributed by atoms with Crippen molar-refractivity contribution in [2.24, 2.45) is 0 Å². The van der Waals surface area contributed by atoms with E-state index in [-0.39, 0.29) is 12.5 Å². The number of halogens is 1. The first-order chi connectivity index (χ1) is 12.9. The third-order valence-corrected chi connectivity index (χ3v) is 5.43. The van der Waals surface area contributed by atoms with E-state index in [1.807, 2.05) is 6.07 Å². The van der Waals surface area contributed by atoms with Gasteiger partial charge in [0.05, 0.1) is 13.7 Å². The molecule has 0 aromatic heterocycles. The lowest BCUT2D eigenvalue weighted by molar-refractivity contribution is -0.124. The van der Waals surface area contributed by atoms with Crippen LogP contribution in [-0.2, 0) is 16.9 Å². The second kappa shape index (κ2) is 6.38. The van der Waals surface area contributed by atoms with E-state index in [0.29, 0.717) is 23.4 Å². The maximum absolute atomic E-state index is 12.9. The van der Waals surface area contributed by atoms with E-state index >= 15 is 0 Å². The zero-order valence-electron chi connectivity index (χ0n) is 14.4. The minimum absolute atomic E-state index is 0.0298. The summed E-state index contributed by atoms with van der Waals surface area (Å²) >= 11 is 3.37. The van der Waals surface area contributed by atoms with Gasteiger partial charge in [0.2, 0.25) is 0 Å². The summed E-state index contributed by atoms with van der Waals surface area (Å²) in [5.41, 5.74) is 0.677. The first-order valence-electron chi connectivity index (χ1n) is 8.29. The van der Waals surface area contributed by atoms with Crippen LogP contribution in [0.3, 0.4) is 0 Å².